The van der Waals surface area contributed by atoms with Gasteiger partial charge in [-0.1, -0.05) is 26.0 Å². The SMILES string of the molecule is CC(C)CNS(=O)(=O)N(CCO)c1ccccc1N. The van der Waals surface area contributed by atoms with Crippen molar-refractivity contribution in [2.75, 3.05) is 29.7 Å². The van der Waals surface area contributed by atoms with Gasteiger partial charge in [0.1, 0.15) is 0 Å². The van der Waals surface area contributed by atoms with Crippen molar-refractivity contribution in [2.24, 2.45) is 5.92 Å². The second kappa shape index (κ2) is 6.74. The van der Waals surface area contributed by atoms with E-state index in [0.717, 1.165) is 4.31 Å². The van der Waals surface area contributed by atoms with E-state index in [9.17, 15) is 8.42 Å². The summed E-state index contributed by atoms with van der Waals surface area (Å²) < 4.78 is 28.0. The van der Waals surface area contributed by atoms with Crippen molar-refractivity contribution in [1.82, 2.24) is 4.72 Å². The number of nitrogen functional groups attached to an aromatic ring is 1. The van der Waals surface area contributed by atoms with Crippen molar-refractivity contribution in [1.29, 1.82) is 0 Å². The van der Waals surface area contributed by atoms with Gasteiger partial charge in [-0.15, -0.1) is 0 Å². The minimum absolute atomic E-state index is 0.0400. The minimum atomic E-state index is -3.71. The fourth-order valence-corrected chi connectivity index (χ4v) is 2.97. The molecule has 1 aromatic carbocycles. The lowest BCUT2D eigenvalue weighted by Crippen LogP contribution is -2.43. The van der Waals surface area contributed by atoms with Crippen LogP contribution in [0.4, 0.5) is 11.4 Å². The van der Waals surface area contributed by atoms with Crippen molar-refractivity contribution < 1.29 is 13.5 Å². The van der Waals surface area contributed by atoms with Crippen molar-refractivity contribution in [3.05, 3.63) is 24.3 Å². The van der Waals surface area contributed by atoms with Crippen LogP contribution in [0.15, 0.2) is 24.3 Å². The molecule has 0 unspecified atom stereocenters. The first-order valence-corrected chi connectivity index (χ1v) is 7.55. The molecule has 0 aromatic heterocycles. The zero-order valence-corrected chi connectivity index (χ0v) is 12.0. The second-order valence-electron chi connectivity index (χ2n) is 4.60. The largest absolute Gasteiger partial charge is 0.397 e. The highest BCUT2D eigenvalue weighted by atomic mass is 32.2. The van der Waals surface area contributed by atoms with Crippen LogP contribution in [0.1, 0.15) is 13.8 Å². The number of hydrogen-bond donors (Lipinski definition) is 3. The van der Waals surface area contributed by atoms with Gasteiger partial charge in [0.2, 0.25) is 0 Å². The molecule has 0 saturated carbocycles. The van der Waals surface area contributed by atoms with E-state index in [1.54, 1.807) is 24.3 Å². The molecule has 0 amide bonds. The van der Waals surface area contributed by atoms with E-state index in [-0.39, 0.29) is 19.1 Å². The van der Waals surface area contributed by atoms with E-state index >= 15 is 0 Å². The summed E-state index contributed by atoms with van der Waals surface area (Å²) >= 11 is 0. The van der Waals surface area contributed by atoms with Gasteiger partial charge in [0, 0.05) is 6.54 Å². The lowest BCUT2D eigenvalue weighted by atomic mass is 10.2. The van der Waals surface area contributed by atoms with Gasteiger partial charge in [0.25, 0.3) is 0 Å². The van der Waals surface area contributed by atoms with Crippen LogP contribution in [-0.2, 0) is 10.2 Å². The summed E-state index contributed by atoms with van der Waals surface area (Å²) in [6, 6.07) is 6.66. The predicted octanol–water partition coefficient (Wildman–Crippen LogP) is 0.558. The summed E-state index contributed by atoms with van der Waals surface area (Å²) in [7, 11) is -3.71. The molecule has 1 rings (SSSR count). The standard InChI is InChI=1S/C12H21N3O3S/c1-10(2)9-14-19(17,18)15(7-8-16)12-6-4-3-5-11(12)13/h3-6,10,14,16H,7-9,13H2,1-2H3. The first kappa shape index (κ1) is 15.7. The van der Waals surface area contributed by atoms with E-state index in [2.05, 4.69) is 4.72 Å². The Morgan fingerprint density at radius 1 is 1.37 bits per heavy atom. The Bertz CT molecular complexity index is 503. The number of para-hydroxylation sites is 2. The lowest BCUT2D eigenvalue weighted by Gasteiger charge is -2.25. The van der Waals surface area contributed by atoms with Gasteiger partial charge in [-0.2, -0.15) is 13.1 Å². The molecule has 7 heteroatoms. The molecule has 108 valence electrons. The molecular weight excluding hydrogens is 266 g/mol. The van der Waals surface area contributed by atoms with Gasteiger partial charge >= 0.3 is 10.2 Å². The Labute approximate surface area is 114 Å². The van der Waals surface area contributed by atoms with Crippen LogP contribution in [0.2, 0.25) is 0 Å². The molecule has 0 saturated heterocycles. The van der Waals surface area contributed by atoms with Gasteiger partial charge < -0.3 is 10.8 Å². The van der Waals surface area contributed by atoms with E-state index in [1.807, 2.05) is 13.8 Å². The molecule has 0 heterocycles. The summed E-state index contributed by atoms with van der Waals surface area (Å²) in [5.74, 6) is 0.193. The van der Waals surface area contributed by atoms with Crippen molar-refractivity contribution in [2.45, 2.75) is 13.8 Å². The molecule has 0 atom stereocenters. The zero-order chi connectivity index (χ0) is 14.5. The van der Waals surface area contributed by atoms with Crippen LogP contribution in [0.25, 0.3) is 0 Å². The highest BCUT2D eigenvalue weighted by Gasteiger charge is 2.23. The fraction of sp³-hybridized carbons (Fsp3) is 0.500. The molecule has 0 aliphatic heterocycles. The molecule has 4 N–H and O–H groups in total. The van der Waals surface area contributed by atoms with Crippen LogP contribution in [-0.4, -0.2) is 33.2 Å². The van der Waals surface area contributed by atoms with E-state index in [0.29, 0.717) is 17.9 Å². The van der Waals surface area contributed by atoms with E-state index in [4.69, 9.17) is 10.8 Å². The Balaban J connectivity index is 3.04. The number of nitrogens with two attached hydrogens (primary N) is 1. The van der Waals surface area contributed by atoms with Crippen molar-refractivity contribution in [3.8, 4) is 0 Å². The molecule has 1 aromatic rings. The smallest absolute Gasteiger partial charge is 0.301 e. The average Bonchev–Trinajstić information content (AvgIpc) is 2.35. The highest BCUT2D eigenvalue weighted by Crippen LogP contribution is 2.24. The summed E-state index contributed by atoms with van der Waals surface area (Å²) in [6.45, 7) is 3.83. The number of nitrogens with one attached hydrogen (secondary N) is 1. The molecule has 0 spiro atoms. The van der Waals surface area contributed by atoms with Crippen LogP contribution in [0, 0.1) is 5.92 Å². The maximum atomic E-state index is 12.2. The zero-order valence-electron chi connectivity index (χ0n) is 11.2. The molecular formula is C12H21N3O3S. The first-order chi connectivity index (χ1) is 8.88. The van der Waals surface area contributed by atoms with E-state index < -0.39 is 10.2 Å². The Morgan fingerprint density at radius 2 is 2.00 bits per heavy atom. The summed E-state index contributed by atoms with van der Waals surface area (Å²) in [6.07, 6.45) is 0. The lowest BCUT2D eigenvalue weighted by molar-refractivity contribution is 0.306. The van der Waals surface area contributed by atoms with Gasteiger partial charge in [-0.05, 0) is 18.1 Å². The fourth-order valence-electron chi connectivity index (χ4n) is 1.53. The van der Waals surface area contributed by atoms with Gasteiger partial charge in [-0.25, -0.2) is 0 Å². The third-order valence-electron chi connectivity index (χ3n) is 2.47. The monoisotopic (exact) mass is 287 g/mol. The van der Waals surface area contributed by atoms with E-state index in [1.165, 1.54) is 0 Å². The van der Waals surface area contributed by atoms with Gasteiger partial charge in [0.15, 0.2) is 0 Å². The maximum Gasteiger partial charge on any atom is 0.301 e. The molecule has 19 heavy (non-hydrogen) atoms. The second-order valence-corrected chi connectivity index (χ2v) is 6.28. The number of anilines is 2. The van der Waals surface area contributed by atoms with Crippen LogP contribution in [0.3, 0.4) is 0 Å². The number of aliphatic hydroxyl groups is 1. The average molecular weight is 287 g/mol. The number of benzene rings is 1. The maximum absolute atomic E-state index is 12.2. The van der Waals surface area contributed by atoms with Crippen molar-refractivity contribution >= 4 is 21.6 Å². The number of rotatable bonds is 7. The molecule has 0 radical (unpaired) electrons. The van der Waals surface area contributed by atoms with Crippen LogP contribution in [0.5, 0.6) is 0 Å². The van der Waals surface area contributed by atoms with Crippen molar-refractivity contribution in [3.63, 3.8) is 0 Å². The molecule has 0 fully saturated rings. The highest BCUT2D eigenvalue weighted by molar-refractivity contribution is 7.90. The topological polar surface area (TPSA) is 95.7 Å². The summed E-state index contributed by atoms with van der Waals surface area (Å²) in [5, 5.41) is 9.05. The Kier molecular flexibility index (Phi) is 5.59. The Morgan fingerprint density at radius 3 is 2.53 bits per heavy atom. The molecule has 0 bridgehead atoms. The molecule has 6 nitrogen and oxygen atoms in total. The number of hydrogen-bond acceptors (Lipinski definition) is 4. The summed E-state index contributed by atoms with van der Waals surface area (Å²) in [4.78, 5) is 0. The minimum Gasteiger partial charge on any atom is -0.397 e. The van der Waals surface area contributed by atoms with Gasteiger partial charge in [0.05, 0.1) is 24.5 Å². The summed E-state index contributed by atoms with van der Waals surface area (Å²) in [5.41, 5.74) is 6.51. The quantitative estimate of drug-likeness (QED) is 0.638. The normalized spacial score (nSPS) is 11.8. The van der Waals surface area contributed by atoms with Crippen LogP contribution >= 0.6 is 0 Å². The van der Waals surface area contributed by atoms with Crippen LogP contribution < -0.4 is 14.8 Å². The van der Waals surface area contributed by atoms with Gasteiger partial charge in [-0.3, -0.25) is 4.31 Å². The molecule has 0 aliphatic rings. The third kappa shape index (κ3) is 4.38. The first-order valence-electron chi connectivity index (χ1n) is 6.11. The number of aliphatic hydroxyl groups excluding tert-OH is 1. The predicted molar refractivity (Wildman–Crippen MR) is 77.0 cm³/mol. The third-order valence-corrected chi connectivity index (χ3v) is 3.96. The Hall–Kier alpha value is -1.31. The molecule has 0 aliphatic carbocycles. The number of nitrogens with zero attached hydrogens (tertiary/aromatic N) is 1.